The van der Waals surface area contributed by atoms with E-state index in [4.69, 9.17) is 0 Å². The van der Waals surface area contributed by atoms with Crippen molar-refractivity contribution in [3.63, 3.8) is 0 Å². The molecule has 0 aromatic heterocycles. The molecule has 2 amide bonds. The number of hydrogen-bond acceptors (Lipinski definition) is 5. The Balaban J connectivity index is 1.45. The topological polar surface area (TPSA) is 81.2 Å². The molecule has 0 N–H and O–H groups in total. The van der Waals surface area contributed by atoms with E-state index in [1.165, 1.54) is 4.31 Å². The number of hydrogen-bond donors (Lipinski definition) is 0. The van der Waals surface area contributed by atoms with Crippen molar-refractivity contribution in [2.24, 2.45) is 0 Å². The Labute approximate surface area is 192 Å². The Morgan fingerprint density at radius 1 is 0.781 bits per heavy atom. The number of carbonyl (C=O) groups excluding carboxylic acids is 2. The number of carbonyl (C=O) groups is 2. The first-order valence-electron chi connectivity index (χ1n) is 11.4. The molecule has 0 saturated carbocycles. The van der Waals surface area contributed by atoms with E-state index in [2.05, 4.69) is 25.7 Å². The van der Waals surface area contributed by atoms with Crippen molar-refractivity contribution in [3.8, 4) is 0 Å². The van der Waals surface area contributed by atoms with Gasteiger partial charge in [0.1, 0.15) is 0 Å². The first-order chi connectivity index (χ1) is 15.1. The van der Waals surface area contributed by atoms with Crippen LogP contribution in [0.5, 0.6) is 0 Å². The molecule has 32 heavy (non-hydrogen) atoms. The first kappa shape index (κ1) is 24.7. The van der Waals surface area contributed by atoms with Gasteiger partial charge in [0.05, 0.1) is 4.90 Å². The van der Waals surface area contributed by atoms with E-state index in [-0.39, 0.29) is 48.2 Å². The summed E-state index contributed by atoms with van der Waals surface area (Å²) >= 11 is 0. The fourth-order valence-corrected chi connectivity index (χ4v) is 5.73. The van der Waals surface area contributed by atoms with Crippen molar-refractivity contribution in [3.05, 3.63) is 30.3 Å². The Morgan fingerprint density at radius 3 is 1.88 bits per heavy atom. The fourth-order valence-electron chi connectivity index (χ4n) is 4.29. The van der Waals surface area contributed by atoms with Crippen molar-refractivity contribution >= 4 is 21.8 Å². The molecule has 0 spiro atoms. The molecule has 2 aliphatic rings. The molecule has 1 aromatic rings. The van der Waals surface area contributed by atoms with Crippen molar-refractivity contribution in [2.45, 2.75) is 50.5 Å². The van der Waals surface area contributed by atoms with Gasteiger partial charge >= 0.3 is 0 Å². The Hall–Kier alpha value is -1.97. The molecule has 0 unspecified atom stereocenters. The molecule has 178 valence electrons. The van der Waals surface area contributed by atoms with Gasteiger partial charge in [-0.25, -0.2) is 8.42 Å². The molecule has 3 rings (SSSR count). The van der Waals surface area contributed by atoms with E-state index in [1.807, 2.05) is 4.90 Å². The molecule has 0 atom stereocenters. The second kappa shape index (κ2) is 10.3. The van der Waals surface area contributed by atoms with E-state index < -0.39 is 10.0 Å². The minimum atomic E-state index is -3.54. The fraction of sp³-hybridized carbons (Fsp3) is 0.652. The van der Waals surface area contributed by atoms with Crippen LogP contribution >= 0.6 is 0 Å². The van der Waals surface area contributed by atoms with Gasteiger partial charge in [-0.1, -0.05) is 18.2 Å². The van der Waals surface area contributed by atoms with Crippen LogP contribution in [0.1, 0.15) is 40.0 Å². The highest BCUT2D eigenvalue weighted by Crippen LogP contribution is 2.19. The van der Waals surface area contributed by atoms with E-state index in [1.54, 1.807) is 35.2 Å². The van der Waals surface area contributed by atoms with Gasteiger partial charge in [-0.15, -0.1) is 0 Å². The Kier molecular flexibility index (Phi) is 7.95. The second-order valence-electron chi connectivity index (χ2n) is 9.49. The van der Waals surface area contributed by atoms with Crippen LogP contribution < -0.4 is 0 Å². The second-order valence-corrected chi connectivity index (χ2v) is 11.4. The van der Waals surface area contributed by atoms with Crippen LogP contribution in [0.3, 0.4) is 0 Å². The summed E-state index contributed by atoms with van der Waals surface area (Å²) in [5, 5.41) is 0. The predicted molar refractivity (Wildman–Crippen MR) is 124 cm³/mol. The van der Waals surface area contributed by atoms with Gasteiger partial charge in [0.2, 0.25) is 21.8 Å². The zero-order valence-electron chi connectivity index (χ0n) is 19.5. The van der Waals surface area contributed by atoms with Crippen LogP contribution in [-0.4, -0.2) is 97.1 Å². The highest BCUT2D eigenvalue weighted by molar-refractivity contribution is 7.89. The van der Waals surface area contributed by atoms with Crippen LogP contribution in [0, 0.1) is 0 Å². The van der Waals surface area contributed by atoms with Gasteiger partial charge in [0, 0.05) is 70.7 Å². The predicted octanol–water partition coefficient (Wildman–Crippen LogP) is 1.63. The molecule has 0 bridgehead atoms. The van der Waals surface area contributed by atoms with Crippen molar-refractivity contribution in [2.75, 3.05) is 52.4 Å². The van der Waals surface area contributed by atoms with Crippen LogP contribution in [0.2, 0.25) is 0 Å². The summed E-state index contributed by atoms with van der Waals surface area (Å²) in [4.78, 5) is 31.5. The van der Waals surface area contributed by atoms with Crippen LogP contribution in [0.25, 0.3) is 0 Å². The average molecular weight is 465 g/mol. The number of rotatable bonds is 5. The third-order valence-electron chi connectivity index (χ3n) is 6.32. The molecule has 0 aliphatic carbocycles. The third kappa shape index (κ3) is 6.08. The van der Waals surface area contributed by atoms with Crippen molar-refractivity contribution in [1.82, 2.24) is 19.0 Å². The summed E-state index contributed by atoms with van der Waals surface area (Å²) in [5.41, 5.74) is 0.0885. The number of nitrogens with zero attached hydrogens (tertiary/aromatic N) is 4. The zero-order chi connectivity index (χ0) is 23.4. The van der Waals surface area contributed by atoms with Crippen LogP contribution in [0.15, 0.2) is 35.2 Å². The van der Waals surface area contributed by atoms with E-state index in [0.29, 0.717) is 19.6 Å². The summed E-state index contributed by atoms with van der Waals surface area (Å²) < 4.78 is 26.9. The molecule has 2 saturated heterocycles. The summed E-state index contributed by atoms with van der Waals surface area (Å²) in [7, 11) is -3.54. The van der Waals surface area contributed by atoms with Gasteiger partial charge in [-0.3, -0.25) is 14.5 Å². The normalized spacial score (nSPS) is 19.6. The number of benzene rings is 1. The molecule has 2 fully saturated rings. The van der Waals surface area contributed by atoms with E-state index >= 15 is 0 Å². The smallest absolute Gasteiger partial charge is 0.243 e. The minimum absolute atomic E-state index is 0.0272. The lowest BCUT2D eigenvalue weighted by molar-refractivity contribution is -0.137. The summed E-state index contributed by atoms with van der Waals surface area (Å²) in [6.45, 7) is 11.1. The number of amides is 2. The third-order valence-corrected chi connectivity index (χ3v) is 8.24. The Morgan fingerprint density at radius 2 is 1.31 bits per heavy atom. The highest BCUT2D eigenvalue weighted by Gasteiger charge is 2.30. The maximum Gasteiger partial charge on any atom is 0.243 e. The minimum Gasteiger partial charge on any atom is -0.341 e. The molecule has 9 heteroatoms. The van der Waals surface area contributed by atoms with Gasteiger partial charge in [-0.2, -0.15) is 4.31 Å². The monoisotopic (exact) mass is 464 g/mol. The van der Waals surface area contributed by atoms with E-state index in [9.17, 15) is 18.0 Å². The van der Waals surface area contributed by atoms with Crippen LogP contribution in [0.4, 0.5) is 0 Å². The summed E-state index contributed by atoms with van der Waals surface area (Å²) in [6.07, 6.45) is 1.31. The molecule has 2 aliphatic heterocycles. The molecule has 8 nitrogen and oxygen atoms in total. The Bertz CT molecular complexity index is 890. The SMILES string of the molecule is CC(C)(C)N1CCCN(C(=O)CCC(=O)N2CCN(S(=O)(=O)c3ccccc3)CC2)CC1. The van der Waals surface area contributed by atoms with Gasteiger partial charge in [0.15, 0.2) is 0 Å². The highest BCUT2D eigenvalue weighted by atomic mass is 32.2. The number of piperazine rings is 1. The van der Waals surface area contributed by atoms with Gasteiger partial charge < -0.3 is 9.80 Å². The lowest BCUT2D eigenvalue weighted by Gasteiger charge is -2.34. The standard InChI is InChI=1S/C23H36N4O4S/c1-23(2,3)26-13-7-12-24(14-17-26)21(28)10-11-22(29)25-15-18-27(19-16-25)32(30,31)20-8-5-4-6-9-20/h4-6,8-9H,7,10-19H2,1-3H3. The first-order valence-corrected chi connectivity index (χ1v) is 12.9. The van der Waals surface area contributed by atoms with Crippen molar-refractivity contribution < 1.29 is 18.0 Å². The lowest BCUT2D eigenvalue weighted by atomic mass is 10.1. The molecular weight excluding hydrogens is 428 g/mol. The largest absolute Gasteiger partial charge is 0.341 e. The molecule has 2 heterocycles. The quantitative estimate of drug-likeness (QED) is 0.662. The average Bonchev–Trinajstić information content (AvgIpc) is 3.04. The van der Waals surface area contributed by atoms with Gasteiger partial charge in [0.25, 0.3) is 0 Å². The van der Waals surface area contributed by atoms with Crippen LogP contribution in [-0.2, 0) is 19.6 Å². The number of sulfonamides is 1. The zero-order valence-corrected chi connectivity index (χ0v) is 20.3. The maximum atomic E-state index is 12.7. The molecular formula is C23H36N4O4S. The van der Waals surface area contributed by atoms with Gasteiger partial charge in [-0.05, 0) is 39.3 Å². The summed E-state index contributed by atoms with van der Waals surface area (Å²) in [6, 6.07) is 8.36. The maximum absolute atomic E-state index is 12.7. The van der Waals surface area contributed by atoms with E-state index in [0.717, 1.165) is 26.1 Å². The molecule has 0 radical (unpaired) electrons. The van der Waals surface area contributed by atoms with Crippen molar-refractivity contribution in [1.29, 1.82) is 0 Å². The summed E-state index contributed by atoms with van der Waals surface area (Å²) in [5.74, 6) is -0.0550. The molecule has 1 aromatic carbocycles. The lowest BCUT2D eigenvalue weighted by Crippen LogP contribution is -2.50.